The van der Waals surface area contributed by atoms with Gasteiger partial charge in [-0.2, -0.15) is 0 Å². The summed E-state index contributed by atoms with van der Waals surface area (Å²) in [6.45, 7) is 7.40. The van der Waals surface area contributed by atoms with Gasteiger partial charge >= 0.3 is 0 Å². The maximum absolute atomic E-state index is 6.01. The van der Waals surface area contributed by atoms with E-state index >= 15 is 0 Å². The summed E-state index contributed by atoms with van der Waals surface area (Å²) in [7, 11) is 0. The summed E-state index contributed by atoms with van der Waals surface area (Å²) in [5.41, 5.74) is 8.85. The topological polar surface area (TPSA) is 51.4 Å². The highest BCUT2D eigenvalue weighted by Crippen LogP contribution is 2.28. The molecular weight excluding hydrogens is 238 g/mol. The van der Waals surface area contributed by atoms with Gasteiger partial charge < -0.3 is 15.4 Å². The molecule has 0 fully saturated rings. The first kappa shape index (κ1) is 13.6. The third-order valence-corrected chi connectivity index (χ3v) is 3.21. The molecule has 0 spiro atoms. The van der Waals surface area contributed by atoms with Gasteiger partial charge in [0.15, 0.2) is 0 Å². The standard InChI is InChI=1S/C15H21N3O/c1-3-18(10-11-19-4-2)14-8-7-13(16)12-6-5-9-17-15(12)14/h5-9H,3-4,10-11,16H2,1-2H3. The summed E-state index contributed by atoms with van der Waals surface area (Å²) in [5, 5.41) is 1.01. The molecule has 0 amide bonds. The van der Waals surface area contributed by atoms with Gasteiger partial charge in [0.2, 0.25) is 0 Å². The molecule has 0 saturated carbocycles. The molecule has 2 N–H and O–H groups in total. The molecule has 1 heterocycles. The molecule has 0 aliphatic rings. The summed E-state index contributed by atoms with van der Waals surface area (Å²) in [6.07, 6.45) is 1.81. The number of hydrogen-bond donors (Lipinski definition) is 1. The van der Waals surface area contributed by atoms with E-state index < -0.39 is 0 Å². The maximum Gasteiger partial charge on any atom is 0.0955 e. The van der Waals surface area contributed by atoms with Gasteiger partial charge in [-0.25, -0.2) is 0 Å². The van der Waals surface area contributed by atoms with E-state index in [2.05, 4.69) is 16.8 Å². The van der Waals surface area contributed by atoms with Crippen molar-refractivity contribution in [1.82, 2.24) is 4.98 Å². The molecule has 0 aliphatic carbocycles. The van der Waals surface area contributed by atoms with E-state index in [9.17, 15) is 0 Å². The van der Waals surface area contributed by atoms with Crippen LogP contribution in [-0.2, 0) is 4.74 Å². The number of benzene rings is 1. The predicted octanol–water partition coefficient (Wildman–Crippen LogP) is 2.68. The van der Waals surface area contributed by atoms with Crippen LogP contribution in [0.25, 0.3) is 10.9 Å². The van der Waals surface area contributed by atoms with Crippen LogP contribution in [-0.4, -0.2) is 31.3 Å². The molecule has 0 aliphatic heterocycles. The van der Waals surface area contributed by atoms with Crippen LogP contribution in [0.5, 0.6) is 0 Å². The zero-order chi connectivity index (χ0) is 13.7. The first-order valence-electron chi connectivity index (χ1n) is 6.73. The Bertz CT molecular complexity index is 542. The number of nitrogens with two attached hydrogens (primary N) is 1. The summed E-state index contributed by atoms with van der Waals surface area (Å²) in [4.78, 5) is 6.74. The second-order valence-corrected chi connectivity index (χ2v) is 4.35. The van der Waals surface area contributed by atoms with E-state index in [1.807, 2.05) is 37.4 Å². The first-order chi connectivity index (χ1) is 9.27. The van der Waals surface area contributed by atoms with Crippen molar-refractivity contribution in [3.05, 3.63) is 30.5 Å². The fourth-order valence-electron chi connectivity index (χ4n) is 2.20. The Labute approximate surface area is 114 Å². The quantitative estimate of drug-likeness (QED) is 0.640. The van der Waals surface area contributed by atoms with Crippen molar-refractivity contribution >= 4 is 22.3 Å². The van der Waals surface area contributed by atoms with Crippen molar-refractivity contribution in [1.29, 1.82) is 0 Å². The molecule has 4 heteroatoms. The average molecular weight is 259 g/mol. The largest absolute Gasteiger partial charge is 0.398 e. The molecule has 0 radical (unpaired) electrons. The SMILES string of the molecule is CCOCCN(CC)c1ccc(N)c2cccnc12. The lowest BCUT2D eigenvalue weighted by Gasteiger charge is -2.24. The van der Waals surface area contributed by atoms with Crippen molar-refractivity contribution in [2.24, 2.45) is 0 Å². The van der Waals surface area contributed by atoms with E-state index in [1.165, 1.54) is 0 Å². The maximum atomic E-state index is 6.01. The van der Waals surface area contributed by atoms with Gasteiger partial charge in [-0.15, -0.1) is 0 Å². The molecule has 0 unspecified atom stereocenters. The van der Waals surface area contributed by atoms with Gasteiger partial charge in [0.05, 0.1) is 17.8 Å². The van der Waals surface area contributed by atoms with Gasteiger partial charge in [0.1, 0.15) is 0 Å². The van der Waals surface area contributed by atoms with Crippen LogP contribution in [0.2, 0.25) is 0 Å². The highest BCUT2D eigenvalue weighted by Gasteiger charge is 2.10. The van der Waals surface area contributed by atoms with Gasteiger partial charge in [-0.05, 0) is 38.1 Å². The van der Waals surface area contributed by atoms with E-state index in [1.54, 1.807) is 0 Å². The summed E-state index contributed by atoms with van der Waals surface area (Å²) in [6, 6.07) is 7.92. The number of nitrogens with zero attached hydrogens (tertiary/aromatic N) is 2. The number of pyridine rings is 1. The molecular formula is C15H21N3O. The second kappa shape index (κ2) is 6.38. The molecule has 4 nitrogen and oxygen atoms in total. The minimum Gasteiger partial charge on any atom is -0.398 e. The van der Waals surface area contributed by atoms with Crippen LogP contribution < -0.4 is 10.6 Å². The summed E-state index contributed by atoms with van der Waals surface area (Å²) in [5.74, 6) is 0. The van der Waals surface area contributed by atoms with Crippen molar-refractivity contribution < 1.29 is 4.74 Å². The number of rotatable bonds is 6. The van der Waals surface area contributed by atoms with Gasteiger partial charge in [0, 0.05) is 37.0 Å². The lowest BCUT2D eigenvalue weighted by Crippen LogP contribution is -2.27. The molecule has 2 rings (SSSR count). The third kappa shape index (κ3) is 2.96. The van der Waals surface area contributed by atoms with E-state index in [0.717, 1.165) is 48.6 Å². The Morgan fingerprint density at radius 2 is 2.11 bits per heavy atom. The van der Waals surface area contributed by atoms with Crippen molar-refractivity contribution in [2.75, 3.05) is 36.9 Å². The average Bonchev–Trinajstić information content (AvgIpc) is 2.45. The minimum absolute atomic E-state index is 0.725. The second-order valence-electron chi connectivity index (χ2n) is 4.35. The fraction of sp³-hybridized carbons (Fsp3) is 0.400. The zero-order valence-electron chi connectivity index (χ0n) is 11.6. The lowest BCUT2D eigenvalue weighted by atomic mass is 10.1. The molecule has 1 aromatic heterocycles. The Morgan fingerprint density at radius 3 is 2.84 bits per heavy atom. The molecule has 0 bridgehead atoms. The van der Waals surface area contributed by atoms with Crippen LogP contribution in [0, 0.1) is 0 Å². The fourth-order valence-corrected chi connectivity index (χ4v) is 2.20. The normalized spacial score (nSPS) is 10.8. The van der Waals surface area contributed by atoms with Gasteiger partial charge in [0.25, 0.3) is 0 Å². The van der Waals surface area contributed by atoms with Gasteiger partial charge in [-0.3, -0.25) is 4.98 Å². The van der Waals surface area contributed by atoms with E-state index in [0.29, 0.717) is 0 Å². The van der Waals surface area contributed by atoms with Gasteiger partial charge in [-0.1, -0.05) is 0 Å². The van der Waals surface area contributed by atoms with Crippen LogP contribution in [0.4, 0.5) is 11.4 Å². The van der Waals surface area contributed by atoms with E-state index in [4.69, 9.17) is 10.5 Å². The van der Waals surface area contributed by atoms with Crippen LogP contribution in [0.3, 0.4) is 0 Å². The Kier molecular flexibility index (Phi) is 4.58. The smallest absolute Gasteiger partial charge is 0.0955 e. The summed E-state index contributed by atoms with van der Waals surface area (Å²) >= 11 is 0. The van der Waals surface area contributed by atoms with Crippen LogP contribution in [0.15, 0.2) is 30.5 Å². The predicted molar refractivity (Wildman–Crippen MR) is 80.5 cm³/mol. The lowest BCUT2D eigenvalue weighted by molar-refractivity contribution is 0.154. The van der Waals surface area contributed by atoms with Crippen molar-refractivity contribution in [3.63, 3.8) is 0 Å². The monoisotopic (exact) mass is 259 g/mol. The number of ether oxygens (including phenoxy) is 1. The molecule has 102 valence electrons. The summed E-state index contributed by atoms with van der Waals surface area (Å²) < 4.78 is 5.44. The number of hydrogen-bond acceptors (Lipinski definition) is 4. The van der Waals surface area contributed by atoms with Crippen molar-refractivity contribution in [3.8, 4) is 0 Å². The Balaban J connectivity index is 2.34. The number of anilines is 2. The van der Waals surface area contributed by atoms with Crippen molar-refractivity contribution in [2.45, 2.75) is 13.8 Å². The molecule has 2 aromatic rings. The Hall–Kier alpha value is -1.81. The zero-order valence-corrected chi connectivity index (χ0v) is 11.6. The number of fused-ring (bicyclic) bond motifs is 1. The first-order valence-corrected chi connectivity index (χ1v) is 6.73. The number of aromatic nitrogens is 1. The Morgan fingerprint density at radius 1 is 1.26 bits per heavy atom. The highest BCUT2D eigenvalue weighted by molar-refractivity contribution is 5.98. The third-order valence-electron chi connectivity index (χ3n) is 3.21. The van der Waals surface area contributed by atoms with Crippen LogP contribution >= 0.6 is 0 Å². The molecule has 19 heavy (non-hydrogen) atoms. The highest BCUT2D eigenvalue weighted by atomic mass is 16.5. The molecule has 0 saturated heterocycles. The van der Waals surface area contributed by atoms with E-state index in [-0.39, 0.29) is 0 Å². The number of nitrogen functional groups attached to an aromatic ring is 1. The minimum atomic E-state index is 0.725. The molecule has 0 atom stereocenters. The van der Waals surface area contributed by atoms with Crippen LogP contribution in [0.1, 0.15) is 13.8 Å². The molecule has 1 aromatic carbocycles. The number of likely N-dealkylation sites (N-methyl/N-ethyl adjacent to an activating group) is 1.